The van der Waals surface area contributed by atoms with Gasteiger partial charge in [0.15, 0.2) is 0 Å². The van der Waals surface area contributed by atoms with E-state index in [1.807, 2.05) is 92.7 Å². The molecule has 0 bridgehead atoms. The summed E-state index contributed by atoms with van der Waals surface area (Å²) in [5.74, 6) is -0.0246. The molecule has 0 amide bonds. The number of carbonyl (C=O) groups is 2. The lowest BCUT2D eigenvalue weighted by molar-refractivity contribution is -0.124. The van der Waals surface area contributed by atoms with Gasteiger partial charge in [0, 0.05) is 31.1 Å². The van der Waals surface area contributed by atoms with E-state index in [0.717, 1.165) is 59.6 Å². The molecule has 1 aromatic heterocycles. The molecular weight excluding hydrogens is 612 g/mol. The van der Waals surface area contributed by atoms with Crippen LogP contribution in [0.25, 0.3) is 5.69 Å². The van der Waals surface area contributed by atoms with Crippen molar-refractivity contribution in [1.29, 1.82) is 0 Å². The van der Waals surface area contributed by atoms with Crippen molar-refractivity contribution in [2.75, 3.05) is 24.6 Å². The van der Waals surface area contributed by atoms with Crippen molar-refractivity contribution in [2.45, 2.75) is 52.5 Å². The second-order valence-electron chi connectivity index (χ2n) is 13.0. The Hall–Kier alpha value is -5.24. The van der Waals surface area contributed by atoms with Crippen molar-refractivity contribution >= 4 is 17.4 Å². The zero-order valence-corrected chi connectivity index (χ0v) is 28.5. The molecule has 0 N–H and O–H groups in total. The van der Waals surface area contributed by atoms with Gasteiger partial charge in [-0.25, -0.2) is 18.8 Å². The van der Waals surface area contributed by atoms with Crippen LogP contribution in [0.2, 0.25) is 0 Å². The van der Waals surface area contributed by atoms with E-state index in [-0.39, 0.29) is 41.7 Å². The summed E-state index contributed by atoms with van der Waals surface area (Å²) in [6.07, 6.45) is 4.36. The lowest BCUT2D eigenvalue weighted by atomic mass is 9.77. The molecule has 0 saturated carbocycles. The van der Waals surface area contributed by atoms with Gasteiger partial charge in [-0.15, -0.1) is 0 Å². The third kappa shape index (κ3) is 7.75. The Labute approximate surface area is 288 Å². The molecule has 6 rings (SSSR count). The number of anilines is 1. The largest absolute Gasteiger partial charge is 0.462 e. The van der Waals surface area contributed by atoms with E-state index in [1.54, 1.807) is 17.8 Å². The van der Waals surface area contributed by atoms with Gasteiger partial charge in [0.05, 0.1) is 23.9 Å². The van der Waals surface area contributed by atoms with Crippen LogP contribution in [-0.2, 0) is 22.4 Å². The smallest absolute Gasteiger partial charge is 0.350 e. The van der Waals surface area contributed by atoms with E-state index < -0.39 is 0 Å². The van der Waals surface area contributed by atoms with Crippen LogP contribution in [0.1, 0.15) is 65.3 Å². The lowest BCUT2D eigenvalue weighted by Crippen LogP contribution is -2.39. The fraction of sp³-hybridized carbons (Fsp3) is 0.317. The van der Waals surface area contributed by atoms with E-state index >= 15 is 0 Å². The highest BCUT2D eigenvalue weighted by Crippen LogP contribution is 2.32. The van der Waals surface area contributed by atoms with Gasteiger partial charge in [0.1, 0.15) is 12.1 Å². The summed E-state index contributed by atoms with van der Waals surface area (Å²) in [5, 5.41) is 4.41. The van der Waals surface area contributed by atoms with E-state index in [1.165, 1.54) is 4.68 Å². The number of nitrogens with zero attached hydrogens (tertiary/aromatic N) is 4. The fourth-order valence-electron chi connectivity index (χ4n) is 6.97. The molecule has 49 heavy (non-hydrogen) atoms. The summed E-state index contributed by atoms with van der Waals surface area (Å²) in [7, 11) is 0. The molecule has 1 aliphatic heterocycles. The Morgan fingerprint density at radius 3 is 2.18 bits per heavy atom. The van der Waals surface area contributed by atoms with Crippen molar-refractivity contribution in [3.8, 4) is 5.69 Å². The molecule has 1 saturated heterocycles. The van der Waals surface area contributed by atoms with Gasteiger partial charge in [-0.3, -0.25) is 4.79 Å². The predicted octanol–water partition coefficient (Wildman–Crippen LogP) is 7.02. The summed E-state index contributed by atoms with van der Waals surface area (Å²) in [6.45, 7) is 7.65. The molecule has 8 nitrogen and oxygen atoms in total. The first-order chi connectivity index (χ1) is 23.8. The number of aryl methyl sites for hydroxylation is 1. The molecule has 2 atom stereocenters. The van der Waals surface area contributed by atoms with E-state index in [0.29, 0.717) is 18.6 Å². The van der Waals surface area contributed by atoms with Crippen LogP contribution in [-0.4, -0.2) is 45.8 Å². The molecule has 0 spiro atoms. The number of esters is 1. The van der Waals surface area contributed by atoms with Gasteiger partial charge >= 0.3 is 11.7 Å². The average Bonchev–Trinajstić information content (AvgIpc) is 3.53. The fourth-order valence-corrected chi connectivity index (χ4v) is 6.97. The lowest BCUT2D eigenvalue weighted by Gasteiger charge is -2.37. The van der Waals surface area contributed by atoms with Crippen LogP contribution in [0.4, 0.5) is 5.69 Å². The van der Waals surface area contributed by atoms with Crippen molar-refractivity contribution < 1.29 is 14.3 Å². The molecule has 0 aliphatic carbocycles. The highest BCUT2D eigenvalue weighted by atomic mass is 16.5. The van der Waals surface area contributed by atoms with Crippen molar-refractivity contribution in [2.24, 2.45) is 11.8 Å². The minimum Gasteiger partial charge on any atom is -0.462 e. The SMILES string of the molecule is CCOC(=O)c1cc(CC(=O)C(Cc2ccccc2)C2CCN(c3ccc(-n4cnn(C(C)c5ccccc5)c4=O)cc3)CC2)ccc1C. The van der Waals surface area contributed by atoms with Crippen molar-refractivity contribution in [1.82, 2.24) is 14.3 Å². The summed E-state index contributed by atoms with van der Waals surface area (Å²) >= 11 is 0. The van der Waals surface area contributed by atoms with Crippen LogP contribution in [0.5, 0.6) is 0 Å². The van der Waals surface area contributed by atoms with Crippen LogP contribution in [0, 0.1) is 18.8 Å². The number of rotatable bonds is 12. The normalized spacial score (nSPS) is 14.7. The third-order valence-electron chi connectivity index (χ3n) is 9.83. The standard InChI is InChI=1S/C41H44N4O4/c1-4-49-40(47)37-26-32(16-15-29(37)2)27-39(46)38(25-31-11-7-5-8-12-31)34-21-23-43(24-22-34)35-17-19-36(20-18-35)44-28-42-45(41(44)48)30(3)33-13-9-6-10-14-33/h5-20,26,28,30,34,38H,4,21-25,27H2,1-3H3. The minimum atomic E-state index is -0.352. The molecule has 4 aromatic carbocycles. The van der Waals surface area contributed by atoms with Crippen molar-refractivity contribution in [3.05, 3.63) is 148 Å². The molecular formula is C41H44N4O4. The highest BCUT2D eigenvalue weighted by Gasteiger charge is 2.32. The van der Waals surface area contributed by atoms with E-state index in [2.05, 4.69) is 34.3 Å². The van der Waals surface area contributed by atoms with Gasteiger partial charge in [-0.05, 0) is 98.5 Å². The first kappa shape index (κ1) is 33.7. The molecule has 1 aliphatic rings. The number of Topliss-reactive ketones (excluding diaryl/α,β-unsaturated/α-hetero) is 1. The summed E-state index contributed by atoms with van der Waals surface area (Å²) in [4.78, 5) is 42.2. The monoisotopic (exact) mass is 656 g/mol. The van der Waals surface area contributed by atoms with Crippen LogP contribution >= 0.6 is 0 Å². The highest BCUT2D eigenvalue weighted by molar-refractivity contribution is 5.92. The second-order valence-corrected chi connectivity index (χ2v) is 13.0. The van der Waals surface area contributed by atoms with Gasteiger partial charge in [0.25, 0.3) is 0 Å². The van der Waals surface area contributed by atoms with Gasteiger partial charge in [-0.2, -0.15) is 5.10 Å². The average molecular weight is 657 g/mol. The molecule has 2 heterocycles. The minimum absolute atomic E-state index is 0.124. The quantitative estimate of drug-likeness (QED) is 0.134. The Morgan fingerprint density at radius 2 is 1.51 bits per heavy atom. The second kappa shape index (κ2) is 15.3. The molecule has 8 heteroatoms. The first-order valence-electron chi connectivity index (χ1n) is 17.2. The Kier molecular flexibility index (Phi) is 10.5. The number of ether oxygens (including phenoxy) is 1. The number of hydrogen-bond acceptors (Lipinski definition) is 6. The number of ketones is 1. The van der Waals surface area contributed by atoms with Crippen LogP contribution in [0.15, 0.2) is 114 Å². The number of carbonyl (C=O) groups excluding carboxylic acids is 2. The summed E-state index contributed by atoms with van der Waals surface area (Å²) in [5.41, 5.74) is 6.08. The summed E-state index contributed by atoms with van der Waals surface area (Å²) in [6, 6.07) is 33.7. The first-order valence-corrected chi connectivity index (χ1v) is 17.2. The Morgan fingerprint density at radius 1 is 0.857 bits per heavy atom. The van der Waals surface area contributed by atoms with Gasteiger partial charge in [-0.1, -0.05) is 72.8 Å². The molecule has 0 radical (unpaired) electrons. The molecule has 5 aromatic rings. The zero-order chi connectivity index (χ0) is 34.3. The zero-order valence-electron chi connectivity index (χ0n) is 28.5. The maximum absolute atomic E-state index is 14.0. The molecule has 1 fully saturated rings. The van der Waals surface area contributed by atoms with Crippen molar-refractivity contribution in [3.63, 3.8) is 0 Å². The van der Waals surface area contributed by atoms with Gasteiger partial charge in [0.2, 0.25) is 0 Å². The Bertz CT molecular complexity index is 1920. The molecule has 252 valence electrons. The van der Waals surface area contributed by atoms with Gasteiger partial charge < -0.3 is 9.64 Å². The topological polar surface area (TPSA) is 86.4 Å². The number of piperidine rings is 1. The predicted molar refractivity (Wildman–Crippen MR) is 192 cm³/mol. The number of aromatic nitrogens is 3. The maximum Gasteiger partial charge on any atom is 0.350 e. The maximum atomic E-state index is 14.0. The third-order valence-corrected chi connectivity index (χ3v) is 9.83. The number of hydrogen-bond donors (Lipinski definition) is 0. The number of benzene rings is 4. The van der Waals surface area contributed by atoms with E-state index in [4.69, 9.17) is 4.74 Å². The van der Waals surface area contributed by atoms with Crippen LogP contribution < -0.4 is 10.6 Å². The van der Waals surface area contributed by atoms with E-state index in [9.17, 15) is 14.4 Å². The summed E-state index contributed by atoms with van der Waals surface area (Å²) < 4.78 is 8.34. The molecule has 2 unspecified atom stereocenters. The van der Waals surface area contributed by atoms with Crippen LogP contribution in [0.3, 0.4) is 0 Å². The Balaban J connectivity index is 1.13.